The molecule has 2 saturated carbocycles. The highest BCUT2D eigenvalue weighted by Crippen LogP contribution is 2.42. The van der Waals surface area contributed by atoms with Crippen molar-refractivity contribution in [3.05, 3.63) is 0 Å². The Morgan fingerprint density at radius 2 is 1.76 bits per heavy atom. The summed E-state index contributed by atoms with van der Waals surface area (Å²) >= 11 is 0. The van der Waals surface area contributed by atoms with Crippen LogP contribution in [0.2, 0.25) is 0 Å². The summed E-state index contributed by atoms with van der Waals surface area (Å²) in [4.78, 5) is 13.8. The molecule has 3 aliphatic rings. The van der Waals surface area contributed by atoms with Crippen molar-refractivity contribution in [2.45, 2.75) is 63.5 Å². The van der Waals surface area contributed by atoms with Gasteiger partial charge in [0.25, 0.3) is 0 Å². The maximum absolute atomic E-state index is 11.5. The van der Waals surface area contributed by atoms with Crippen LogP contribution >= 0.6 is 0 Å². The first-order valence-corrected chi connectivity index (χ1v) is 7.26. The third-order valence-electron chi connectivity index (χ3n) is 4.97. The van der Waals surface area contributed by atoms with Crippen molar-refractivity contribution >= 4 is 5.97 Å². The lowest BCUT2D eigenvalue weighted by atomic mass is 9.94. The topological polar surface area (TPSA) is 40.5 Å². The van der Waals surface area contributed by atoms with E-state index >= 15 is 0 Å². The number of hydrogen-bond acceptors (Lipinski definition) is 2. The van der Waals surface area contributed by atoms with Gasteiger partial charge in [0.2, 0.25) is 0 Å². The molecule has 3 nitrogen and oxygen atoms in total. The Kier molecular flexibility index (Phi) is 3.12. The van der Waals surface area contributed by atoms with Gasteiger partial charge in [-0.3, -0.25) is 9.69 Å². The molecular formula is C14H23NO2. The van der Waals surface area contributed by atoms with E-state index in [0.717, 1.165) is 25.3 Å². The second kappa shape index (κ2) is 4.60. The summed E-state index contributed by atoms with van der Waals surface area (Å²) in [6.07, 6.45) is 10.1. The highest BCUT2D eigenvalue weighted by molar-refractivity contribution is 5.74. The fraction of sp³-hybridized carbons (Fsp3) is 0.929. The van der Waals surface area contributed by atoms with Crippen LogP contribution < -0.4 is 0 Å². The van der Waals surface area contributed by atoms with Crippen LogP contribution in [0.3, 0.4) is 0 Å². The second-order valence-corrected chi connectivity index (χ2v) is 6.11. The van der Waals surface area contributed by atoms with Gasteiger partial charge >= 0.3 is 5.97 Å². The van der Waals surface area contributed by atoms with Crippen molar-refractivity contribution in [2.75, 3.05) is 6.54 Å². The molecule has 0 amide bonds. The average molecular weight is 237 g/mol. The van der Waals surface area contributed by atoms with Gasteiger partial charge in [0.15, 0.2) is 0 Å². The molecule has 0 aromatic rings. The molecule has 2 aliphatic carbocycles. The summed E-state index contributed by atoms with van der Waals surface area (Å²) < 4.78 is 0. The zero-order valence-corrected chi connectivity index (χ0v) is 10.5. The van der Waals surface area contributed by atoms with Crippen molar-refractivity contribution in [3.63, 3.8) is 0 Å². The van der Waals surface area contributed by atoms with E-state index in [9.17, 15) is 9.90 Å². The molecule has 1 saturated heterocycles. The maximum atomic E-state index is 11.5. The number of carboxylic acids is 1. The minimum Gasteiger partial charge on any atom is -0.480 e. The van der Waals surface area contributed by atoms with E-state index in [-0.39, 0.29) is 6.04 Å². The zero-order chi connectivity index (χ0) is 11.8. The summed E-state index contributed by atoms with van der Waals surface area (Å²) in [5, 5.41) is 9.46. The van der Waals surface area contributed by atoms with Crippen molar-refractivity contribution in [3.8, 4) is 0 Å². The lowest BCUT2D eigenvalue weighted by Gasteiger charge is -2.34. The number of hydrogen-bond donors (Lipinski definition) is 1. The molecule has 3 fully saturated rings. The van der Waals surface area contributed by atoms with Crippen LogP contribution in [0.25, 0.3) is 0 Å². The van der Waals surface area contributed by atoms with E-state index < -0.39 is 5.97 Å². The fourth-order valence-corrected chi connectivity index (χ4v) is 4.03. The Morgan fingerprint density at radius 1 is 1.06 bits per heavy atom. The van der Waals surface area contributed by atoms with Gasteiger partial charge in [0, 0.05) is 6.04 Å². The number of aliphatic carboxylic acids is 1. The van der Waals surface area contributed by atoms with Gasteiger partial charge < -0.3 is 5.11 Å². The summed E-state index contributed by atoms with van der Waals surface area (Å²) in [7, 11) is 0. The lowest BCUT2D eigenvalue weighted by molar-refractivity contribution is -0.145. The van der Waals surface area contributed by atoms with Crippen LogP contribution in [0.15, 0.2) is 0 Å². The molecule has 3 rings (SSSR count). The minimum absolute atomic E-state index is 0.164. The normalized spacial score (nSPS) is 33.1. The molecule has 0 bridgehead atoms. The molecule has 96 valence electrons. The number of likely N-dealkylation sites (tertiary alicyclic amines) is 1. The SMILES string of the molecule is O=C(O)C(C1CC1)N1CCCC1C1CCCC1. The van der Waals surface area contributed by atoms with Gasteiger partial charge in [-0.25, -0.2) is 0 Å². The molecule has 2 atom stereocenters. The summed E-state index contributed by atoms with van der Waals surface area (Å²) in [6.45, 7) is 1.02. The Morgan fingerprint density at radius 3 is 2.35 bits per heavy atom. The van der Waals surface area contributed by atoms with E-state index in [2.05, 4.69) is 4.90 Å². The third kappa shape index (κ3) is 2.22. The molecule has 0 aromatic heterocycles. The van der Waals surface area contributed by atoms with E-state index in [0.29, 0.717) is 12.0 Å². The molecule has 2 unspecified atom stereocenters. The van der Waals surface area contributed by atoms with Crippen LogP contribution in [-0.2, 0) is 4.79 Å². The van der Waals surface area contributed by atoms with Gasteiger partial charge in [-0.2, -0.15) is 0 Å². The number of nitrogens with zero attached hydrogens (tertiary/aromatic N) is 1. The van der Waals surface area contributed by atoms with Crippen LogP contribution in [0, 0.1) is 11.8 Å². The molecule has 17 heavy (non-hydrogen) atoms. The largest absolute Gasteiger partial charge is 0.480 e. The average Bonchev–Trinajstić information content (AvgIpc) is 2.81. The monoisotopic (exact) mass is 237 g/mol. The molecule has 1 aliphatic heterocycles. The maximum Gasteiger partial charge on any atom is 0.321 e. The molecule has 1 N–H and O–H groups in total. The van der Waals surface area contributed by atoms with E-state index in [1.165, 1.54) is 38.5 Å². The lowest BCUT2D eigenvalue weighted by Crippen LogP contribution is -2.47. The summed E-state index contributed by atoms with van der Waals surface area (Å²) in [5.74, 6) is 0.671. The Hall–Kier alpha value is -0.570. The number of carboxylic acid groups (broad SMARTS) is 1. The predicted octanol–water partition coefficient (Wildman–Crippen LogP) is 2.50. The number of carbonyl (C=O) groups is 1. The molecule has 0 aromatic carbocycles. The van der Waals surface area contributed by atoms with Crippen LogP contribution in [0.5, 0.6) is 0 Å². The predicted molar refractivity (Wildman–Crippen MR) is 65.8 cm³/mol. The Balaban J connectivity index is 1.72. The van der Waals surface area contributed by atoms with Crippen molar-refractivity contribution in [1.82, 2.24) is 4.90 Å². The van der Waals surface area contributed by atoms with Gasteiger partial charge in [-0.05, 0) is 56.9 Å². The number of rotatable bonds is 4. The Labute approximate surface area is 103 Å². The van der Waals surface area contributed by atoms with Gasteiger partial charge in [0.1, 0.15) is 6.04 Å². The highest BCUT2D eigenvalue weighted by atomic mass is 16.4. The fourth-order valence-electron chi connectivity index (χ4n) is 4.03. The van der Waals surface area contributed by atoms with Gasteiger partial charge in [-0.15, -0.1) is 0 Å². The van der Waals surface area contributed by atoms with Gasteiger partial charge in [0.05, 0.1) is 0 Å². The first-order valence-electron chi connectivity index (χ1n) is 7.26. The summed E-state index contributed by atoms with van der Waals surface area (Å²) in [6, 6.07) is 0.419. The van der Waals surface area contributed by atoms with E-state index in [1.54, 1.807) is 0 Å². The van der Waals surface area contributed by atoms with E-state index in [4.69, 9.17) is 0 Å². The van der Waals surface area contributed by atoms with Crippen LogP contribution in [-0.4, -0.2) is 34.6 Å². The first-order chi connectivity index (χ1) is 8.27. The van der Waals surface area contributed by atoms with Crippen LogP contribution in [0.1, 0.15) is 51.4 Å². The minimum atomic E-state index is -0.572. The van der Waals surface area contributed by atoms with Crippen molar-refractivity contribution < 1.29 is 9.90 Å². The molecule has 3 heteroatoms. The smallest absolute Gasteiger partial charge is 0.321 e. The quantitative estimate of drug-likeness (QED) is 0.816. The molecule has 0 spiro atoms. The standard InChI is InChI=1S/C14H23NO2/c16-14(17)13(11-7-8-11)15-9-3-6-12(15)10-4-1-2-5-10/h10-13H,1-9H2,(H,16,17). The highest BCUT2D eigenvalue weighted by Gasteiger charge is 2.46. The zero-order valence-electron chi connectivity index (χ0n) is 10.5. The first kappa shape index (κ1) is 11.5. The Bertz CT molecular complexity index is 295. The molecule has 0 radical (unpaired) electrons. The molecule has 1 heterocycles. The van der Waals surface area contributed by atoms with Crippen LogP contribution in [0.4, 0.5) is 0 Å². The second-order valence-electron chi connectivity index (χ2n) is 6.11. The third-order valence-corrected chi connectivity index (χ3v) is 4.97. The molecular weight excluding hydrogens is 214 g/mol. The van der Waals surface area contributed by atoms with Crippen molar-refractivity contribution in [1.29, 1.82) is 0 Å². The van der Waals surface area contributed by atoms with Gasteiger partial charge in [-0.1, -0.05) is 12.8 Å². The summed E-state index contributed by atoms with van der Waals surface area (Å²) in [5.41, 5.74) is 0. The van der Waals surface area contributed by atoms with E-state index in [1.807, 2.05) is 0 Å². The van der Waals surface area contributed by atoms with Crippen molar-refractivity contribution in [2.24, 2.45) is 11.8 Å².